The maximum absolute atomic E-state index is 12.0. The first-order chi connectivity index (χ1) is 9.10. The molecular weight excluding hydrogens is 335 g/mol. The molecule has 0 unspecified atom stereocenters. The molecule has 0 spiro atoms. The van der Waals surface area contributed by atoms with Gasteiger partial charge in [-0.2, -0.15) is 0 Å². The van der Waals surface area contributed by atoms with Crippen LogP contribution in [0.4, 0.5) is 4.53 Å². The van der Waals surface area contributed by atoms with Crippen LogP contribution in [0.2, 0.25) is 0 Å². The predicted molar refractivity (Wildman–Crippen MR) is 78.2 cm³/mol. The topological polar surface area (TPSA) is 54.4 Å². The van der Waals surface area contributed by atoms with Gasteiger partial charge in [-0.25, -0.2) is 14.1 Å². The zero-order valence-corrected chi connectivity index (χ0v) is 12.6. The van der Waals surface area contributed by atoms with Gasteiger partial charge in [0.05, 0.1) is 15.7 Å². The molecule has 1 heterocycles. The number of aromatic nitrogens is 1. The zero-order valence-electron chi connectivity index (χ0n) is 10.2. The summed E-state index contributed by atoms with van der Waals surface area (Å²) in [5.74, 6) is -1.06. The third-order valence-electron chi connectivity index (χ3n) is 2.66. The Balaban J connectivity index is 2.70. The number of aromatic amines is 1. The first-order valence-corrected chi connectivity index (χ1v) is 7.28. The van der Waals surface area contributed by atoms with Crippen LogP contribution in [-0.4, -0.2) is 22.9 Å². The largest absolute Gasteiger partial charge is 0.396 e. The highest BCUT2D eigenvalue weighted by atomic mass is 79.9. The summed E-state index contributed by atoms with van der Waals surface area (Å²) in [5.41, 5.74) is 2.42. The molecule has 19 heavy (non-hydrogen) atoms. The van der Waals surface area contributed by atoms with E-state index >= 15 is 0 Å². The molecule has 4 nitrogen and oxygen atoms in total. The molecule has 0 bridgehead atoms. The molecule has 0 radical (unpaired) electrons. The van der Waals surface area contributed by atoms with Gasteiger partial charge in [-0.05, 0) is 34.8 Å². The monoisotopic (exact) mass is 344 g/mol. The molecule has 2 rings (SSSR count). The van der Waals surface area contributed by atoms with Gasteiger partial charge in [-0.3, -0.25) is 0 Å². The van der Waals surface area contributed by atoms with Crippen molar-refractivity contribution >= 4 is 50.5 Å². The van der Waals surface area contributed by atoms with Crippen molar-refractivity contribution in [3.8, 4) is 0 Å². The van der Waals surface area contributed by atoms with Crippen LogP contribution >= 0.6 is 27.9 Å². The van der Waals surface area contributed by atoms with Gasteiger partial charge in [0.1, 0.15) is 5.69 Å². The lowest BCUT2D eigenvalue weighted by Gasteiger charge is -2.01. The summed E-state index contributed by atoms with van der Waals surface area (Å²) >= 11 is 4.62. The summed E-state index contributed by atoms with van der Waals surface area (Å²) in [6, 6.07) is 5.55. The summed E-state index contributed by atoms with van der Waals surface area (Å²) < 4.78 is 16.8. The van der Waals surface area contributed by atoms with E-state index in [1.165, 1.54) is 11.9 Å². The first-order valence-electron chi connectivity index (χ1n) is 5.31. The van der Waals surface area contributed by atoms with Crippen molar-refractivity contribution in [3.63, 3.8) is 0 Å². The van der Waals surface area contributed by atoms with Gasteiger partial charge in [0, 0.05) is 21.7 Å². The SMILES string of the molecule is CS/N=C(\C)c1cccc2c(Br)c(C(=O)OF)[nH]c12. The Kier molecular flexibility index (Phi) is 4.26. The van der Waals surface area contributed by atoms with Crippen molar-refractivity contribution in [2.75, 3.05) is 6.26 Å². The maximum atomic E-state index is 12.0. The Labute approximate surface area is 121 Å². The quantitative estimate of drug-likeness (QED) is 0.674. The van der Waals surface area contributed by atoms with E-state index < -0.39 is 5.97 Å². The zero-order chi connectivity index (χ0) is 14.0. The van der Waals surface area contributed by atoms with E-state index in [9.17, 15) is 9.32 Å². The van der Waals surface area contributed by atoms with Gasteiger partial charge < -0.3 is 4.98 Å². The second-order valence-corrected chi connectivity index (χ2v) is 5.11. The second-order valence-electron chi connectivity index (χ2n) is 3.77. The van der Waals surface area contributed by atoms with Gasteiger partial charge in [0.15, 0.2) is 0 Å². The standard InChI is InChI=1S/C12H10BrFN2O2S/c1-6(16-19-2)7-4-3-5-8-9(13)11(12(17)18-14)15-10(7)8/h3-5,15H,1-2H3/b16-6+. The normalized spacial score (nSPS) is 11.9. The molecule has 0 saturated carbocycles. The number of para-hydroxylation sites is 1. The van der Waals surface area contributed by atoms with Gasteiger partial charge in [-0.15, -0.1) is 0 Å². The molecule has 7 heteroatoms. The van der Waals surface area contributed by atoms with Crippen LogP contribution in [0.5, 0.6) is 0 Å². The van der Waals surface area contributed by atoms with Crippen molar-refractivity contribution in [1.29, 1.82) is 0 Å². The highest BCUT2D eigenvalue weighted by Gasteiger charge is 2.20. The lowest BCUT2D eigenvalue weighted by molar-refractivity contribution is -0.0793. The first kappa shape index (κ1) is 14.1. The molecule has 0 saturated heterocycles. The van der Waals surface area contributed by atoms with Gasteiger partial charge in [0.2, 0.25) is 0 Å². The number of carbonyl (C=O) groups excluding carboxylic acids is 1. The van der Waals surface area contributed by atoms with Crippen LogP contribution in [-0.2, 0) is 4.94 Å². The number of nitrogens with one attached hydrogen (secondary N) is 1. The summed E-state index contributed by atoms with van der Waals surface area (Å²) in [6.07, 6.45) is 1.86. The van der Waals surface area contributed by atoms with E-state index in [2.05, 4.69) is 30.3 Å². The number of fused-ring (bicyclic) bond motifs is 1. The lowest BCUT2D eigenvalue weighted by Crippen LogP contribution is -2.00. The van der Waals surface area contributed by atoms with Crippen molar-refractivity contribution in [3.05, 3.63) is 33.9 Å². The average molecular weight is 345 g/mol. The summed E-state index contributed by atoms with van der Waals surface area (Å²) in [7, 11) is 0. The van der Waals surface area contributed by atoms with Gasteiger partial charge >= 0.3 is 5.97 Å². The van der Waals surface area contributed by atoms with Crippen molar-refractivity contribution in [2.45, 2.75) is 6.92 Å². The summed E-state index contributed by atoms with van der Waals surface area (Å²) in [4.78, 5) is 17.4. The van der Waals surface area contributed by atoms with E-state index in [4.69, 9.17) is 0 Å². The van der Waals surface area contributed by atoms with Gasteiger partial charge in [0.25, 0.3) is 0 Å². The van der Waals surface area contributed by atoms with Crippen LogP contribution < -0.4 is 0 Å². The number of hydrogen-bond donors (Lipinski definition) is 1. The van der Waals surface area contributed by atoms with E-state index in [1.807, 2.05) is 31.4 Å². The Morgan fingerprint density at radius 1 is 1.53 bits per heavy atom. The summed E-state index contributed by atoms with van der Waals surface area (Å²) in [6.45, 7) is 1.87. The molecule has 1 N–H and O–H groups in total. The maximum Gasteiger partial charge on any atom is 0.396 e. The number of rotatable bonds is 3. The minimum atomic E-state index is -1.06. The molecule has 0 fully saturated rings. The Morgan fingerprint density at radius 3 is 2.89 bits per heavy atom. The molecule has 1 aromatic heterocycles. The van der Waals surface area contributed by atoms with Crippen molar-refractivity contribution in [2.24, 2.45) is 4.40 Å². The average Bonchev–Trinajstić information content (AvgIpc) is 2.76. The fourth-order valence-corrected chi connectivity index (χ4v) is 2.81. The number of benzene rings is 1. The molecular formula is C12H10BrFN2O2S. The lowest BCUT2D eigenvalue weighted by atomic mass is 10.1. The van der Waals surface area contributed by atoms with Crippen molar-refractivity contribution in [1.82, 2.24) is 4.98 Å². The summed E-state index contributed by atoms with van der Waals surface area (Å²) in [5, 5.41) is 0.772. The molecule has 0 aliphatic heterocycles. The minimum absolute atomic E-state index is 0.0434. The predicted octanol–water partition coefficient (Wildman–Crippen LogP) is 4.06. The Morgan fingerprint density at radius 2 is 2.26 bits per heavy atom. The molecule has 100 valence electrons. The van der Waals surface area contributed by atoms with Crippen molar-refractivity contribution < 1.29 is 14.3 Å². The molecule has 0 amide bonds. The number of hydrogen-bond acceptors (Lipinski definition) is 4. The molecule has 0 aliphatic carbocycles. The van der Waals surface area contributed by atoms with E-state index in [0.717, 1.165) is 16.7 Å². The minimum Gasteiger partial charge on any atom is -0.347 e. The van der Waals surface area contributed by atoms with Crippen LogP contribution in [0.1, 0.15) is 23.0 Å². The van der Waals surface area contributed by atoms with Crippen LogP contribution in [0, 0.1) is 0 Å². The number of carbonyl (C=O) groups is 1. The fourth-order valence-electron chi connectivity index (χ4n) is 1.85. The smallest absolute Gasteiger partial charge is 0.347 e. The highest BCUT2D eigenvalue weighted by molar-refractivity contribution is 9.10. The Bertz CT molecular complexity index is 669. The molecule has 2 aromatic rings. The van der Waals surface area contributed by atoms with Crippen LogP contribution in [0.15, 0.2) is 27.1 Å². The Hall–Kier alpha value is -1.34. The van der Waals surface area contributed by atoms with E-state index in [1.54, 1.807) is 0 Å². The number of H-pyrrole nitrogens is 1. The van der Waals surface area contributed by atoms with Crippen LogP contribution in [0.3, 0.4) is 0 Å². The third-order valence-corrected chi connectivity index (χ3v) is 3.94. The molecule has 0 atom stereocenters. The molecule has 1 aromatic carbocycles. The number of halogens is 2. The second kappa shape index (κ2) is 5.75. The fraction of sp³-hybridized carbons (Fsp3) is 0.167. The van der Waals surface area contributed by atoms with E-state index in [0.29, 0.717) is 9.99 Å². The third kappa shape index (κ3) is 2.52. The number of nitrogens with zero attached hydrogens (tertiary/aromatic N) is 1. The van der Waals surface area contributed by atoms with E-state index in [-0.39, 0.29) is 5.69 Å². The van der Waals surface area contributed by atoms with Gasteiger partial charge in [-0.1, -0.05) is 18.2 Å². The molecule has 0 aliphatic rings. The van der Waals surface area contributed by atoms with Crippen LogP contribution in [0.25, 0.3) is 10.9 Å². The highest BCUT2D eigenvalue weighted by Crippen LogP contribution is 2.31.